The zero-order valence-corrected chi connectivity index (χ0v) is 63.3. The lowest BCUT2D eigenvalue weighted by atomic mass is 10.0. The molecule has 588 valence electrons. The predicted molar refractivity (Wildman–Crippen MR) is 389 cm³/mol. The first-order chi connectivity index (χ1) is 51.7. The summed E-state index contributed by atoms with van der Waals surface area (Å²) in [6.45, 7) is -1.75. The van der Waals surface area contributed by atoms with E-state index in [9.17, 15) is 57.7 Å². The molecule has 0 radical (unpaired) electrons. The van der Waals surface area contributed by atoms with E-state index in [1.54, 1.807) is 69.5 Å². The van der Waals surface area contributed by atoms with Crippen LogP contribution < -0.4 is 36.9 Å². The van der Waals surface area contributed by atoms with Crippen LogP contribution in [0.2, 0.25) is 0 Å². The molecule has 12 atom stereocenters. The number of aliphatic hydroxyl groups is 1. The average molecular weight is 1590 g/mol. The molecule has 0 spiro atoms. The SMILES string of the molecule is COCCOCCOCCOCCOCCC(=O)N[C@@H](CCCCN1C(=O)C=CC1=O)C(=O)N[C@H](C(=O)N[C@@H](C)C(=O)Nc1ccc(COC(=O)N(C)Cc2ccccc2C(=O)Nc2nc3c(ncn3[C@@H]3O[C@@H]4COP(O)(=S)O[C@H]5C[C@H](Oc6ccncn6)C[C@@H]5COP(=O)(S)O[C@@H]3[C@@H]4O)c(=O)[nH]2)cc1)C(C)C. The van der Waals surface area contributed by atoms with Gasteiger partial charge in [0.1, 0.15) is 55.5 Å². The largest absolute Gasteiger partial charge is 0.474 e. The number of unbranched alkanes of at least 4 members (excludes halogenated alkanes) is 1. The smallest absolute Gasteiger partial charge is 0.410 e. The Morgan fingerprint density at radius 3 is 2.19 bits per heavy atom. The number of rotatable bonds is 37. The number of H-pyrrole nitrogens is 1. The van der Waals surface area contributed by atoms with Crippen molar-refractivity contribution in [2.75, 3.05) is 104 Å². The van der Waals surface area contributed by atoms with E-state index in [-0.39, 0.29) is 100 Å². The summed E-state index contributed by atoms with van der Waals surface area (Å²) in [5.41, 5.74) is 0.0471. The fraction of sp³-hybridized carbons (Fsp3) is 0.537. The third-order valence-electron chi connectivity index (χ3n) is 17.3. The molecule has 1 aliphatic carbocycles. The number of nitrogens with one attached hydrogen (secondary N) is 6. The Labute approximate surface area is 630 Å². The van der Waals surface area contributed by atoms with E-state index in [0.29, 0.717) is 69.3 Å². The number of benzene rings is 2. The van der Waals surface area contributed by atoms with Crippen LogP contribution in [0.3, 0.4) is 0 Å². The van der Waals surface area contributed by atoms with Crippen LogP contribution in [0.15, 0.2) is 90.4 Å². The molecule has 5 aromatic rings. The van der Waals surface area contributed by atoms with E-state index >= 15 is 0 Å². The van der Waals surface area contributed by atoms with Gasteiger partial charge in [0, 0.05) is 81.7 Å². The lowest BCUT2D eigenvalue weighted by molar-refractivity contribution is -0.137. The number of thiol groups is 1. The van der Waals surface area contributed by atoms with Crippen LogP contribution in [0.5, 0.6) is 5.88 Å². The van der Waals surface area contributed by atoms with Gasteiger partial charge in [0.25, 0.3) is 23.3 Å². The number of imidazole rings is 1. The van der Waals surface area contributed by atoms with Gasteiger partial charge in [-0.3, -0.25) is 62.6 Å². The number of imide groups is 1. The number of aliphatic hydroxyl groups excluding tert-OH is 1. The Hall–Kier alpha value is -8.08. The van der Waals surface area contributed by atoms with Gasteiger partial charge < -0.3 is 87.6 Å². The molecule has 2 aromatic carbocycles. The van der Waals surface area contributed by atoms with E-state index in [0.717, 1.165) is 11.2 Å². The van der Waals surface area contributed by atoms with Crippen molar-refractivity contribution in [2.24, 2.45) is 11.8 Å². The minimum absolute atomic E-state index is 0.0176. The summed E-state index contributed by atoms with van der Waals surface area (Å²) in [6.07, 6.45) is -0.644. The maximum atomic E-state index is 14.1. The molecule has 2 unspecified atom stereocenters. The maximum Gasteiger partial charge on any atom is 0.410 e. The molecular weight excluding hydrogens is 1500 g/mol. The van der Waals surface area contributed by atoms with Gasteiger partial charge in [-0.15, -0.1) is 0 Å². The summed E-state index contributed by atoms with van der Waals surface area (Å²) in [7, 11) is 3.04. The molecule has 3 aromatic heterocycles. The number of aromatic amines is 1. The Bertz CT molecular complexity index is 4090. The molecule has 2 bridgehead atoms. The lowest BCUT2D eigenvalue weighted by Crippen LogP contribution is -2.57. The van der Waals surface area contributed by atoms with Crippen molar-refractivity contribution in [3.05, 3.63) is 113 Å². The molecule has 37 nitrogen and oxygen atoms in total. The molecule has 8 N–H and O–H groups in total. The van der Waals surface area contributed by atoms with Gasteiger partial charge in [0.15, 0.2) is 17.4 Å². The molecule has 8 amide bonds. The quantitative estimate of drug-likeness (QED) is 0.0119. The summed E-state index contributed by atoms with van der Waals surface area (Å²) >= 11 is 9.63. The number of hydrogen-bond acceptors (Lipinski definition) is 28. The number of amides is 8. The number of fused-ring (bicyclic) bond motifs is 4. The zero-order chi connectivity index (χ0) is 77.5. The second kappa shape index (κ2) is 40.6. The minimum atomic E-state index is -4.39. The van der Waals surface area contributed by atoms with Crippen LogP contribution in [-0.2, 0) is 110 Å². The highest BCUT2D eigenvalue weighted by Gasteiger charge is 2.51. The molecule has 1 saturated carbocycles. The molecule has 2 saturated heterocycles. The third-order valence-corrected chi connectivity index (χ3v) is 20.5. The summed E-state index contributed by atoms with van der Waals surface area (Å²) in [5, 5.41) is 25.0. The van der Waals surface area contributed by atoms with Crippen molar-refractivity contribution in [3.63, 3.8) is 0 Å². The van der Waals surface area contributed by atoms with Crippen LogP contribution in [-0.4, -0.2) is 239 Å². The van der Waals surface area contributed by atoms with Crippen molar-refractivity contribution in [1.29, 1.82) is 0 Å². The van der Waals surface area contributed by atoms with Gasteiger partial charge in [0.2, 0.25) is 35.5 Å². The van der Waals surface area contributed by atoms with Crippen molar-refractivity contribution in [1.82, 2.24) is 55.2 Å². The maximum absolute atomic E-state index is 14.1. The van der Waals surface area contributed by atoms with Gasteiger partial charge in [-0.2, -0.15) is 4.98 Å². The van der Waals surface area contributed by atoms with Crippen LogP contribution in [0.1, 0.15) is 87.0 Å². The molecule has 3 aliphatic heterocycles. The van der Waals surface area contributed by atoms with Gasteiger partial charge in [-0.1, -0.05) is 56.4 Å². The monoisotopic (exact) mass is 1590 g/mol. The van der Waals surface area contributed by atoms with Gasteiger partial charge in [0.05, 0.1) is 85.1 Å². The number of anilines is 2. The van der Waals surface area contributed by atoms with Gasteiger partial charge >= 0.3 is 19.6 Å². The van der Waals surface area contributed by atoms with E-state index in [1.807, 2.05) is 0 Å². The van der Waals surface area contributed by atoms with Crippen LogP contribution >= 0.6 is 25.8 Å². The molecule has 4 aliphatic rings. The highest BCUT2D eigenvalue weighted by atomic mass is 32.7. The highest BCUT2D eigenvalue weighted by Crippen LogP contribution is 2.59. The first-order valence-corrected chi connectivity index (χ1v) is 40.0. The van der Waals surface area contributed by atoms with Crippen LogP contribution in [0, 0.1) is 11.8 Å². The summed E-state index contributed by atoms with van der Waals surface area (Å²) in [6, 6.07) is 10.8. The minimum Gasteiger partial charge on any atom is -0.474 e. The first kappa shape index (κ1) is 83.9. The lowest BCUT2D eigenvalue weighted by Gasteiger charge is -2.27. The number of aromatic nitrogens is 6. The van der Waals surface area contributed by atoms with E-state index in [4.69, 9.17) is 67.8 Å². The number of methoxy groups -OCH3 is 1. The summed E-state index contributed by atoms with van der Waals surface area (Å²) < 4.78 is 83.1. The Morgan fingerprint density at radius 2 is 1.50 bits per heavy atom. The molecule has 6 heterocycles. The number of hydrogen-bond donors (Lipinski definition) is 9. The number of ether oxygens (including phenoxy) is 8. The fourth-order valence-electron chi connectivity index (χ4n) is 11.7. The molecular formula is C67H89N13O24P2S2. The summed E-state index contributed by atoms with van der Waals surface area (Å²) in [5.74, 6) is -5.26. The van der Waals surface area contributed by atoms with Crippen molar-refractivity contribution < 1.29 is 109 Å². The topological polar surface area (TPSA) is 461 Å². The Kier molecular flexibility index (Phi) is 31.5. The second-order valence-electron chi connectivity index (χ2n) is 25.7. The fourth-order valence-corrected chi connectivity index (χ4v) is 14.7. The zero-order valence-electron chi connectivity index (χ0n) is 59.8. The normalized spacial score (nSPS) is 23.0. The predicted octanol–water partition coefficient (Wildman–Crippen LogP) is 3.39. The van der Waals surface area contributed by atoms with Crippen LogP contribution in [0.4, 0.5) is 16.4 Å². The molecule has 108 heavy (non-hydrogen) atoms. The standard InChI is InChI=1S/C67H89N13O24P2S2/c1-40(2)55(74-62(87)48(12-8-9-22-79-53(82)17-18-54(79)83)73-51(81)20-23-94-26-27-96-30-31-97-29-28-95-25-24-93-5)63(88)71-41(3)60(85)72-45-15-13-42(14-16-45)35-98-67(90)78(4)34-43-10-6-7-11-47(43)61(86)76-66-75-59-56(64(89)77-66)70-39-80(59)65-58-57(84)50(102-65)37-100-105(91,107)103-49-33-46(101-52-19-21-68-38-69-52)32-44(49)36-99-106(92,108)104-58/h6-7,10-11,13-19,21,38-41,44,46,48-50,55,57-58,65,84H,8-9,12,20,22-37H2,1-5H3,(H,71,88)(H,72,85)(H,73,81)(H,74,87)(H,91,107)(H,92,108)(H2,75,76,77,86,89)/t41-,44+,46+,48-,49-,50+,55-,57+,58+,65+,105?,106?/m0/s1. The second-order valence-corrected chi connectivity index (χ2v) is 31.4. The van der Waals surface area contributed by atoms with Gasteiger partial charge in [-0.25, -0.2) is 24.3 Å². The molecule has 41 heteroatoms. The van der Waals surface area contributed by atoms with E-state index < -0.39 is 140 Å². The number of carbonyl (C=O) groups excluding carboxylic acids is 8. The number of carbonyl (C=O) groups is 8. The summed E-state index contributed by atoms with van der Waals surface area (Å²) in [4.78, 5) is 152. The average Bonchev–Trinajstić information content (AvgIpc) is 1.60. The van der Waals surface area contributed by atoms with E-state index in [1.165, 1.54) is 54.2 Å². The molecule has 9 rings (SSSR count). The third kappa shape index (κ3) is 24.7. The van der Waals surface area contributed by atoms with E-state index in [2.05, 4.69) is 63.8 Å². The molecule has 3 fully saturated rings. The van der Waals surface area contributed by atoms with Crippen molar-refractivity contribution >= 4 is 108 Å². The van der Waals surface area contributed by atoms with Crippen molar-refractivity contribution in [3.8, 4) is 5.88 Å². The Morgan fingerprint density at radius 1 is 0.806 bits per heavy atom. The highest BCUT2D eigenvalue weighted by molar-refractivity contribution is 8.44. The Balaban J connectivity index is 0.737. The van der Waals surface area contributed by atoms with Crippen LogP contribution in [0.25, 0.3) is 11.2 Å². The van der Waals surface area contributed by atoms with Gasteiger partial charge in [-0.05, 0) is 79.7 Å². The van der Waals surface area contributed by atoms with Crippen molar-refractivity contribution in [2.45, 2.75) is 127 Å². The number of nitrogens with zero attached hydrogens (tertiary/aromatic N) is 7. The first-order valence-electron chi connectivity index (χ1n) is 34.7.